The lowest BCUT2D eigenvalue weighted by Crippen LogP contribution is -2.40. The van der Waals surface area contributed by atoms with Gasteiger partial charge in [-0.05, 0) is 19.1 Å². The number of fused-ring (bicyclic) bond motifs is 1. The first-order valence-electron chi connectivity index (χ1n) is 6.58. The number of aromatic nitrogens is 2. The summed E-state index contributed by atoms with van der Waals surface area (Å²) in [4.78, 5) is 23.8. The van der Waals surface area contributed by atoms with Gasteiger partial charge in [-0.3, -0.25) is 9.48 Å². The third-order valence-electron chi connectivity index (χ3n) is 3.29. The molecular weight excluding hydrogens is 270 g/mol. The number of primary amides is 1. The van der Waals surface area contributed by atoms with Crippen molar-refractivity contribution in [1.29, 1.82) is 0 Å². The van der Waals surface area contributed by atoms with Crippen LogP contribution < -0.4 is 11.1 Å². The molecule has 21 heavy (non-hydrogen) atoms. The molecule has 3 amide bonds. The Hall–Kier alpha value is -2.57. The van der Waals surface area contributed by atoms with E-state index in [0.717, 1.165) is 27.1 Å². The zero-order valence-corrected chi connectivity index (χ0v) is 12.4. The van der Waals surface area contributed by atoms with Crippen LogP contribution in [0.2, 0.25) is 0 Å². The van der Waals surface area contributed by atoms with Crippen molar-refractivity contribution in [2.24, 2.45) is 12.8 Å². The molecule has 7 heteroatoms. The number of hydrogen-bond acceptors (Lipinski definition) is 3. The highest BCUT2D eigenvalue weighted by atomic mass is 16.2. The molecule has 2 aromatic rings. The fourth-order valence-electron chi connectivity index (χ4n) is 2.11. The number of benzene rings is 1. The second kappa shape index (κ2) is 5.82. The minimum atomic E-state index is -0.635. The topological polar surface area (TPSA) is 93.2 Å². The number of rotatable bonds is 4. The number of urea groups is 1. The number of nitrogens with one attached hydrogen (secondary N) is 1. The van der Waals surface area contributed by atoms with E-state index in [2.05, 4.69) is 10.4 Å². The normalized spacial score (nSPS) is 10.6. The van der Waals surface area contributed by atoms with Gasteiger partial charge in [0, 0.05) is 19.5 Å². The summed E-state index contributed by atoms with van der Waals surface area (Å²) < 4.78 is 1.78. The number of aryl methyl sites for hydroxylation is 2. The summed E-state index contributed by atoms with van der Waals surface area (Å²) in [7, 11) is 3.34. The van der Waals surface area contributed by atoms with E-state index in [9.17, 15) is 9.59 Å². The molecule has 0 radical (unpaired) electrons. The van der Waals surface area contributed by atoms with Crippen molar-refractivity contribution in [3.05, 3.63) is 29.5 Å². The van der Waals surface area contributed by atoms with Crippen molar-refractivity contribution in [3.8, 4) is 0 Å². The smallest absolute Gasteiger partial charge is 0.314 e. The third-order valence-corrected chi connectivity index (χ3v) is 3.29. The van der Waals surface area contributed by atoms with Gasteiger partial charge in [-0.2, -0.15) is 5.10 Å². The monoisotopic (exact) mass is 289 g/mol. The van der Waals surface area contributed by atoms with E-state index in [4.69, 9.17) is 5.73 Å². The van der Waals surface area contributed by atoms with Crippen LogP contribution >= 0.6 is 0 Å². The average molecular weight is 289 g/mol. The maximum Gasteiger partial charge on any atom is 0.314 e. The van der Waals surface area contributed by atoms with E-state index in [-0.39, 0.29) is 12.5 Å². The largest absolute Gasteiger partial charge is 0.351 e. The van der Waals surface area contributed by atoms with Crippen LogP contribution in [0.1, 0.15) is 11.3 Å². The summed E-state index contributed by atoms with van der Waals surface area (Å²) in [6.45, 7) is 2.25. The Morgan fingerprint density at radius 1 is 1.43 bits per heavy atom. The Morgan fingerprint density at radius 2 is 2.14 bits per heavy atom. The summed E-state index contributed by atoms with van der Waals surface area (Å²) in [5.74, 6) is -0.275. The molecule has 3 N–H and O–H groups in total. The molecule has 0 aliphatic rings. The lowest BCUT2D eigenvalue weighted by molar-refractivity contribution is -0.121. The summed E-state index contributed by atoms with van der Waals surface area (Å²) in [6.07, 6.45) is 0. The first-order chi connectivity index (χ1) is 9.88. The van der Waals surface area contributed by atoms with Crippen LogP contribution in [0.25, 0.3) is 10.9 Å². The van der Waals surface area contributed by atoms with Crippen LogP contribution in [0.3, 0.4) is 0 Å². The summed E-state index contributed by atoms with van der Waals surface area (Å²) in [5, 5.41) is 8.17. The first kappa shape index (κ1) is 14.8. The molecular formula is C14H19N5O2. The van der Waals surface area contributed by atoms with E-state index in [1.807, 2.05) is 32.2 Å². The Bertz CT molecular complexity index is 692. The van der Waals surface area contributed by atoms with Crippen LogP contribution in [-0.2, 0) is 18.4 Å². The number of nitrogens with two attached hydrogens (primary N) is 1. The Morgan fingerprint density at radius 3 is 2.81 bits per heavy atom. The predicted molar refractivity (Wildman–Crippen MR) is 79.5 cm³/mol. The molecule has 0 saturated heterocycles. The SMILES string of the molecule is Cc1ccc2c(c1)c(CNC(=O)CN(C)C(N)=O)nn2C. The average Bonchev–Trinajstić information content (AvgIpc) is 2.72. The number of likely N-dealkylation sites (N-methyl/N-ethyl adjacent to an activating group) is 1. The summed E-state index contributed by atoms with van der Waals surface area (Å²) in [6, 6.07) is 5.43. The zero-order chi connectivity index (χ0) is 15.6. The minimum Gasteiger partial charge on any atom is -0.351 e. The van der Waals surface area contributed by atoms with Crippen molar-refractivity contribution in [2.45, 2.75) is 13.5 Å². The van der Waals surface area contributed by atoms with Gasteiger partial charge in [0.1, 0.15) is 6.54 Å². The van der Waals surface area contributed by atoms with Crippen molar-refractivity contribution in [1.82, 2.24) is 20.0 Å². The van der Waals surface area contributed by atoms with Crippen molar-refractivity contribution in [2.75, 3.05) is 13.6 Å². The molecule has 7 nitrogen and oxygen atoms in total. The van der Waals surface area contributed by atoms with Gasteiger partial charge in [0.2, 0.25) is 5.91 Å². The van der Waals surface area contributed by atoms with Crippen molar-refractivity contribution >= 4 is 22.8 Å². The molecule has 112 valence electrons. The Labute approximate surface area is 122 Å². The highest BCUT2D eigenvalue weighted by Gasteiger charge is 2.12. The number of carbonyl (C=O) groups is 2. The van der Waals surface area contributed by atoms with Crippen LogP contribution in [0.5, 0.6) is 0 Å². The van der Waals surface area contributed by atoms with E-state index < -0.39 is 6.03 Å². The van der Waals surface area contributed by atoms with Gasteiger partial charge in [0.05, 0.1) is 17.8 Å². The fourth-order valence-corrected chi connectivity index (χ4v) is 2.11. The fraction of sp³-hybridized carbons (Fsp3) is 0.357. The van der Waals surface area contributed by atoms with E-state index >= 15 is 0 Å². The molecule has 0 spiro atoms. The van der Waals surface area contributed by atoms with E-state index in [0.29, 0.717) is 6.54 Å². The van der Waals surface area contributed by atoms with Crippen molar-refractivity contribution < 1.29 is 9.59 Å². The van der Waals surface area contributed by atoms with Crippen LogP contribution in [-0.4, -0.2) is 40.2 Å². The van der Waals surface area contributed by atoms with Crippen LogP contribution in [0.15, 0.2) is 18.2 Å². The van der Waals surface area contributed by atoms with Gasteiger partial charge < -0.3 is 16.0 Å². The highest BCUT2D eigenvalue weighted by molar-refractivity contribution is 5.85. The molecule has 0 aliphatic heterocycles. The molecule has 0 unspecified atom stereocenters. The molecule has 2 rings (SSSR count). The molecule has 1 aromatic heterocycles. The molecule has 1 aromatic carbocycles. The Kier molecular flexibility index (Phi) is 4.11. The predicted octanol–water partition coefficient (Wildman–Crippen LogP) is 0.508. The zero-order valence-electron chi connectivity index (χ0n) is 12.4. The number of nitrogens with zero attached hydrogens (tertiary/aromatic N) is 3. The minimum absolute atomic E-state index is 0.0703. The standard InChI is InChI=1S/C14H19N5O2/c1-9-4-5-12-10(6-9)11(17-19(12)3)7-16-13(20)8-18(2)14(15)21/h4-6H,7-8H2,1-3H3,(H2,15,21)(H,16,20). The van der Waals surface area contributed by atoms with E-state index in [1.54, 1.807) is 4.68 Å². The van der Waals surface area contributed by atoms with Gasteiger partial charge in [-0.1, -0.05) is 11.6 Å². The number of amides is 3. The van der Waals surface area contributed by atoms with Gasteiger partial charge in [0.15, 0.2) is 0 Å². The molecule has 0 atom stereocenters. The molecule has 0 saturated carbocycles. The van der Waals surface area contributed by atoms with Crippen LogP contribution in [0, 0.1) is 6.92 Å². The highest BCUT2D eigenvalue weighted by Crippen LogP contribution is 2.19. The molecule has 0 fully saturated rings. The lowest BCUT2D eigenvalue weighted by atomic mass is 10.1. The summed E-state index contributed by atoms with van der Waals surface area (Å²) in [5.41, 5.74) is 8.02. The molecule has 1 heterocycles. The first-order valence-corrected chi connectivity index (χ1v) is 6.58. The Balaban J connectivity index is 2.08. The lowest BCUT2D eigenvalue weighted by Gasteiger charge is -2.13. The number of carbonyl (C=O) groups excluding carboxylic acids is 2. The van der Waals surface area contributed by atoms with Gasteiger partial charge in [0.25, 0.3) is 0 Å². The quantitative estimate of drug-likeness (QED) is 0.858. The third kappa shape index (κ3) is 3.31. The second-order valence-electron chi connectivity index (χ2n) is 5.06. The van der Waals surface area contributed by atoms with Gasteiger partial charge in [-0.25, -0.2) is 4.79 Å². The van der Waals surface area contributed by atoms with Gasteiger partial charge in [-0.15, -0.1) is 0 Å². The summed E-state index contributed by atoms with van der Waals surface area (Å²) >= 11 is 0. The maximum absolute atomic E-state index is 11.7. The molecule has 0 aliphatic carbocycles. The number of hydrogen-bond donors (Lipinski definition) is 2. The van der Waals surface area contributed by atoms with Gasteiger partial charge >= 0.3 is 6.03 Å². The van der Waals surface area contributed by atoms with Crippen LogP contribution in [0.4, 0.5) is 4.79 Å². The van der Waals surface area contributed by atoms with E-state index in [1.165, 1.54) is 7.05 Å². The maximum atomic E-state index is 11.7. The van der Waals surface area contributed by atoms with Crippen molar-refractivity contribution in [3.63, 3.8) is 0 Å². The molecule has 0 bridgehead atoms. The second-order valence-corrected chi connectivity index (χ2v) is 5.06.